The van der Waals surface area contributed by atoms with Gasteiger partial charge in [0.25, 0.3) is 0 Å². The first-order chi connectivity index (χ1) is 7.31. The van der Waals surface area contributed by atoms with E-state index in [1.807, 2.05) is 0 Å². The molecule has 3 rings (SSSR count). The molecular formula is C15H18. The monoisotopic (exact) mass is 198 g/mol. The van der Waals surface area contributed by atoms with Crippen molar-refractivity contribution in [3.63, 3.8) is 0 Å². The Morgan fingerprint density at radius 3 is 3.00 bits per heavy atom. The molecule has 0 radical (unpaired) electrons. The zero-order valence-electron chi connectivity index (χ0n) is 9.37. The largest absolute Gasteiger partial charge is 0.0799 e. The van der Waals surface area contributed by atoms with E-state index in [0.717, 1.165) is 5.92 Å². The van der Waals surface area contributed by atoms with E-state index in [-0.39, 0.29) is 0 Å². The summed E-state index contributed by atoms with van der Waals surface area (Å²) in [7, 11) is 0. The molecule has 0 nitrogen and oxygen atoms in total. The maximum Gasteiger partial charge on any atom is -0.000653 e. The van der Waals surface area contributed by atoms with Crippen molar-refractivity contribution in [1.29, 1.82) is 0 Å². The van der Waals surface area contributed by atoms with Gasteiger partial charge in [0.2, 0.25) is 0 Å². The van der Waals surface area contributed by atoms with Gasteiger partial charge in [-0.1, -0.05) is 56.2 Å². The lowest BCUT2D eigenvalue weighted by Gasteiger charge is -2.43. The van der Waals surface area contributed by atoms with Gasteiger partial charge < -0.3 is 0 Å². The minimum absolute atomic E-state index is 0.420. The molecule has 0 N–H and O–H groups in total. The van der Waals surface area contributed by atoms with E-state index in [1.54, 1.807) is 5.56 Å². The summed E-state index contributed by atoms with van der Waals surface area (Å²) in [5.74, 6) is 0.779. The molecule has 1 fully saturated rings. The van der Waals surface area contributed by atoms with Crippen LogP contribution in [0.4, 0.5) is 0 Å². The predicted octanol–water partition coefficient (Wildman–Crippen LogP) is 4.16. The third kappa shape index (κ3) is 1.27. The molecule has 1 saturated carbocycles. The fourth-order valence-electron chi connectivity index (χ4n) is 3.39. The Morgan fingerprint density at radius 2 is 2.07 bits per heavy atom. The lowest BCUT2D eigenvalue weighted by atomic mass is 9.61. The summed E-state index contributed by atoms with van der Waals surface area (Å²) in [6, 6.07) is 8.92. The molecule has 15 heavy (non-hydrogen) atoms. The molecule has 0 spiro atoms. The fraction of sp³-hybridized carbons (Fsp3) is 0.467. The Balaban J connectivity index is 2.14. The first kappa shape index (κ1) is 9.21. The van der Waals surface area contributed by atoms with E-state index in [2.05, 4.69) is 43.3 Å². The molecule has 0 amide bonds. The molecule has 1 aromatic rings. The molecule has 0 heteroatoms. The van der Waals surface area contributed by atoms with Gasteiger partial charge in [-0.2, -0.15) is 0 Å². The van der Waals surface area contributed by atoms with E-state index in [0.29, 0.717) is 5.41 Å². The molecule has 0 aromatic heterocycles. The van der Waals surface area contributed by atoms with E-state index in [9.17, 15) is 0 Å². The van der Waals surface area contributed by atoms with Crippen LogP contribution in [0.5, 0.6) is 0 Å². The number of hydrogen-bond acceptors (Lipinski definition) is 0. The van der Waals surface area contributed by atoms with Gasteiger partial charge in [0, 0.05) is 0 Å². The third-order valence-corrected chi connectivity index (χ3v) is 4.36. The zero-order chi connectivity index (χ0) is 10.3. The van der Waals surface area contributed by atoms with Gasteiger partial charge in [0.05, 0.1) is 0 Å². The first-order valence-electron chi connectivity index (χ1n) is 6.08. The number of allylic oxidation sites excluding steroid dienone is 1. The van der Waals surface area contributed by atoms with Crippen molar-refractivity contribution in [3.8, 4) is 0 Å². The minimum Gasteiger partial charge on any atom is -0.0799 e. The lowest BCUT2D eigenvalue weighted by Crippen LogP contribution is -2.36. The number of hydrogen-bond donors (Lipinski definition) is 0. The summed E-state index contributed by atoms with van der Waals surface area (Å²) < 4.78 is 0. The van der Waals surface area contributed by atoms with Gasteiger partial charge in [-0.05, 0) is 35.3 Å². The van der Waals surface area contributed by atoms with Crippen molar-refractivity contribution in [2.75, 3.05) is 0 Å². The molecule has 2 atom stereocenters. The van der Waals surface area contributed by atoms with Crippen LogP contribution >= 0.6 is 0 Å². The highest BCUT2D eigenvalue weighted by molar-refractivity contribution is 5.60. The standard InChI is InChI=1S/C15H18/c1-15-11-5-4-7-13(15)10-9-12-6-2-3-8-14(12)15/h2-3,6,8-10,13H,4-5,7,11H2,1H3/t13-,15-/m0/s1. The van der Waals surface area contributed by atoms with Crippen LogP contribution in [0.1, 0.15) is 43.7 Å². The molecule has 0 heterocycles. The van der Waals surface area contributed by atoms with Gasteiger partial charge in [0.1, 0.15) is 0 Å². The quantitative estimate of drug-likeness (QED) is 0.587. The molecule has 0 bridgehead atoms. The Kier molecular flexibility index (Phi) is 1.98. The maximum absolute atomic E-state index is 2.46. The van der Waals surface area contributed by atoms with Crippen LogP contribution in [0.25, 0.3) is 6.08 Å². The first-order valence-corrected chi connectivity index (χ1v) is 6.08. The van der Waals surface area contributed by atoms with E-state index < -0.39 is 0 Å². The second-order valence-corrected chi connectivity index (χ2v) is 5.22. The van der Waals surface area contributed by atoms with Crippen LogP contribution in [-0.2, 0) is 5.41 Å². The Labute approximate surface area is 92.0 Å². The Morgan fingerprint density at radius 1 is 1.20 bits per heavy atom. The van der Waals surface area contributed by atoms with Gasteiger partial charge >= 0.3 is 0 Å². The van der Waals surface area contributed by atoms with Crippen molar-refractivity contribution >= 4 is 6.08 Å². The summed E-state index contributed by atoms with van der Waals surface area (Å²) in [4.78, 5) is 0. The summed E-state index contributed by atoms with van der Waals surface area (Å²) >= 11 is 0. The van der Waals surface area contributed by atoms with E-state index in [1.165, 1.54) is 31.2 Å². The molecule has 78 valence electrons. The summed E-state index contributed by atoms with van der Waals surface area (Å²) in [5, 5.41) is 0. The fourth-order valence-corrected chi connectivity index (χ4v) is 3.39. The highest BCUT2D eigenvalue weighted by atomic mass is 14.4. The smallest absolute Gasteiger partial charge is 0.000653 e. The van der Waals surface area contributed by atoms with Gasteiger partial charge in [-0.15, -0.1) is 0 Å². The van der Waals surface area contributed by atoms with Crippen molar-refractivity contribution in [2.24, 2.45) is 5.92 Å². The van der Waals surface area contributed by atoms with Crippen molar-refractivity contribution in [3.05, 3.63) is 41.5 Å². The molecule has 0 unspecified atom stereocenters. The van der Waals surface area contributed by atoms with E-state index >= 15 is 0 Å². The van der Waals surface area contributed by atoms with Crippen molar-refractivity contribution in [1.82, 2.24) is 0 Å². The highest BCUT2D eigenvalue weighted by Gasteiger charge is 2.39. The van der Waals surface area contributed by atoms with Crippen LogP contribution in [0.15, 0.2) is 30.3 Å². The molecule has 2 aliphatic rings. The molecule has 0 aliphatic heterocycles. The Bertz CT molecular complexity index is 402. The maximum atomic E-state index is 2.46. The summed E-state index contributed by atoms with van der Waals surface area (Å²) in [6.07, 6.45) is 10.3. The summed E-state index contributed by atoms with van der Waals surface area (Å²) in [5.41, 5.74) is 3.44. The normalized spacial score (nSPS) is 33.3. The number of fused-ring (bicyclic) bond motifs is 3. The average Bonchev–Trinajstić information content (AvgIpc) is 2.29. The van der Waals surface area contributed by atoms with Gasteiger partial charge in [-0.25, -0.2) is 0 Å². The topological polar surface area (TPSA) is 0 Å². The highest BCUT2D eigenvalue weighted by Crippen LogP contribution is 2.48. The SMILES string of the molecule is C[C@]12CCCC[C@H]1C=Cc1ccccc12. The van der Waals surface area contributed by atoms with Crippen molar-refractivity contribution < 1.29 is 0 Å². The van der Waals surface area contributed by atoms with Gasteiger partial charge in [-0.3, -0.25) is 0 Å². The average molecular weight is 198 g/mol. The molecular weight excluding hydrogens is 180 g/mol. The van der Waals surface area contributed by atoms with Crippen molar-refractivity contribution in [2.45, 2.75) is 38.0 Å². The van der Waals surface area contributed by atoms with Crippen LogP contribution < -0.4 is 0 Å². The van der Waals surface area contributed by atoms with Crippen LogP contribution in [0, 0.1) is 5.92 Å². The van der Waals surface area contributed by atoms with Crippen LogP contribution in [0.2, 0.25) is 0 Å². The predicted molar refractivity (Wildman–Crippen MR) is 64.8 cm³/mol. The van der Waals surface area contributed by atoms with Crippen LogP contribution in [-0.4, -0.2) is 0 Å². The lowest BCUT2D eigenvalue weighted by molar-refractivity contribution is 0.245. The second-order valence-electron chi connectivity index (χ2n) is 5.22. The summed E-state index contributed by atoms with van der Waals surface area (Å²) in [6.45, 7) is 2.46. The third-order valence-electron chi connectivity index (χ3n) is 4.36. The van der Waals surface area contributed by atoms with E-state index in [4.69, 9.17) is 0 Å². The Hall–Kier alpha value is -1.04. The molecule has 2 aliphatic carbocycles. The number of benzene rings is 1. The molecule has 1 aromatic carbocycles. The van der Waals surface area contributed by atoms with Gasteiger partial charge in [0.15, 0.2) is 0 Å². The second kappa shape index (κ2) is 3.23. The molecule has 0 saturated heterocycles. The minimum atomic E-state index is 0.420. The number of rotatable bonds is 0. The zero-order valence-corrected chi connectivity index (χ0v) is 9.37. The van der Waals surface area contributed by atoms with Crippen LogP contribution in [0.3, 0.4) is 0 Å².